The second-order valence-electron chi connectivity index (χ2n) is 5.92. The number of ether oxygens (including phenoxy) is 1. The second-order valence-corrected chi connectivity index (χ2v) is 5.92. The van der Waals surface area contributed by atoms with E-state index in [1.165, 1.54) is 12.8 Å². The SMILES string of the molecule is CC(C)Oc1cncc(N(CC2CCCN2)C(C)C)n1. The third-order valence-corrected chi connectivity index (χ3v) is 3.45. The predicted molar refractivity (Wildman–Crippen MR) is 81.3 cm³/mol. The van der Waals surface area contributed by atoms with E-state index in [9.17, 15) is 0 Å². The molecule has 1 fully saturated rings. The molecule has 0 radical (unpaired) electrons. The molecule has 0 saturated carbocycles. The summed E-state index contributed by atoms with van der Waals surface area (Å²) in [6, 6.07) is 0.940. The van der Waals surface area contributed by atoms with Gasteiger partial charge < -0.3 is 15.0 Å². The summed E-state index contributed by atoms with van der Waals surface area (Å²) < 4.78 is 5.64. The highest BCUT2D eigenvalue weighted by Crippen LogP contribution is 2.19. The molecule has 0 aliphatic carbocycles. The Hall–Kier alpha value is -1.36. The molecule has 5 nitrogen and oxygen atoms in total. The van der Waals surface area contributed by atoms with Crippen molar-refractivity contribution in [3.63, 3.8) is 0 Å². The Morgan fingerprint density at radius 2 is 2.15 bits per heavy atom. The van der Waals surface area contributed by atoms with Crippen LogP contribution in [-0.4, -0.2) is 41.2 Å². The van der Waals surface area contributed by atoms with Crippen molar-refractivity contribution in [3.8, 4) is 5.88 Å². The van der Waals surface area contributed by atoms with E-state index >= 15 is 0 Å². The second kappa shape index (κ2) is 6.88. The summed E-state index contributed by atoms with van der Waals surface area (Å²) in [4.78, 5) is 11.2. The number of anilines is 1. The molecule has 0 amide bonds. The van der Waals surface area contributed by atoms with Crippen LogP contribution in [0.5, 0.6) is 5.88 Å². The third kappa shape index (κ3) is 4.07. The van der Waals surface area contributed by atoms with E-state index in [-0.39, 0.29) is 6.10 Å². The third-order valence-electron chi connectivity index (χ3n) is 3.45. The van der Waals surface area contributed by atoms with Gasteiger partial charge in [0, 0.05) is 18.6 Å². The highest BCUT2D eigenvalue weighted by atomic mass is 16.5. The molecule has 2 heterocycles. The van der Waals surface area contributed by atoms with Crippen molar-refractivity contribution < 1.29 is 4.74 Å². The molecule has 1 atom stereocenters. The van der Waals surface area contributed by atoms with Gasteiger partial charge in [-0.05, 0) is 47.1 Å². The summed E-state index contributed by atoms with van der Waals surface area (Å²) in [6.07, 6.45) is 6.11. The van der Waals surface area contributed by atoms with Gasteiger partial charge in [0.05, 0.1) is 18.5 Å². The maximum Gasteiger partial charge on any atom is 0.234 e. The van der Waals surface area contributed by atoms with Crippen LogP contribution in [0.3, 0.4) is 0 Å². The molecule has 112 valence electrons. The number of aromatic nitrogens is 2. The van der Waals surface area contributed by atoms with Gasteiger partial charge in [0.25, 0.3) is 0 Å². The maximum absolute atomic E-state index is 5.64. The van der Waals surface area contributed by atoms with Crippen LogP contribution >= 0.6 is 0 Å². The van der Waals surface area contributed by atoms with Gasteiger partial charge in [0.2, 0.25) is 5.88 Å². The number of nitrogens with zero attached hydrogens (tertiary/aromatic N) is 3. The van der Waals surface area contributed by atoms with E-state index in [0.29, 0.717) is 18.0 Å². The summed E-state index contributed by atoms with van der Waals surface area (Å²) in [5.74, 6) is 1.49. The van der Waals surface area contributed by atoms with Gasteiger partial charge in [-0.1, -0.05) is 0 Å². The Kier molecular flexibility index (Phi) is 5.17. The number of nitrogens with one attached hydrogen (secondary N) is 1. The molecular formula is C15H26N4O. The zero-order valence-corrected chi connectivity index (χ0v) is 13.0. The number of rotatable bonds is 6. The van der Waals surface area contributed by atoms with Gasteiger partial charge in [-0.2, -0.15) is 4.98 Å². The Morgan fingerprint density at radius 3 is 2.75 bits per heavy atom. The molecule has 0 aromatic carbocycles. The molecule has 0 spiro atoms. The smallest absolute Gasteiger partial charge is 0.234 e. The van der Waals surface area contributed by atoms with Crippen LogP contribution in [0.2, 0.25) is 0 Å². The first-order valence-corrected chi connectivity index (χ1v) is 7.55. The van der Waals surface area contributed by atoms with E-state index in [2.05, 4.69) is 34.0 Å². The van der Waals surface area contributed by atoms with Gasteiger partial charge in [-0.3, -0.25) is 4.98 Å². The molecule has 0 bridgehead atoms. The quantitative estimate of drug-likeness (QED) is 0.865. The van der Waals surface area contributed by atoms with Gasteiger partial charge in [0.15, 0.2) is 5.82 Å². The average molecular weight is 278 g/mol. The highest BCUT2D eigenvalue weighted by Gasteiger charge is 2.21. The lowest BCUT2D eigenvalue weighted by atomic mass is 10.2. The fourth-order valence-corrected chi connectivity index (χ4v) is 2.49. The monoisotopic (exact) mass is 278 g/mol. The molecule has 1 saturated heterocycles. The lowest BCUT2D eigenvalue weighted by Gasteiger charge is -2.30. The molecular weight excluding hydrogens is 252 g/mol. The standard InChI is InChI=1S/C15H26N4O/c1-11(2)19(10-13-6-5-7-17-13)14-8-16-9-15(18-14)20-12(3)4/h8-9,11-13,17H,5-7,10H2,1-4H3. The van der Waals surface area contributed by atoms with Gasteiger partial charge in [0.1, 0.15) is 0 Å². The summed E-state index contributed by atoms with van der Waals surface area (Å²) in [6.45, 7) is 10.5. The Bertz CT molecular complexity index is 416. The van der Waals surface area contributed by atoms with E-state index in [1.807, 2.05) is 20.0 Å². The van der Waals surface area contributed by atoms with Crippen molar-refractivity contribution in [1.29, 1.82) is 0 Å². The van der Waals surface area contributed by atoms with Crippen molar-refractivity contribution >= 4 is 5.82 Å². The Labute approximate surface area is 121 Å². The normalized spacial score (nSPS) is 18.8. The zero-order valence-electron chi connectivity index (χ0n) is 13.0. The molecule has 1 aromatic rings. The Balaban J connectivity index is 2.11. The van der Waals surface area contributed by atoms with Crippen molar-refractivity contribution in [1.82, 2.24) is 15.3 Å². The Morgan fingerprint density at radius 1 is 1.35 bits per heavy atom. The first kappa shape index (κ1) is 15.0. The van der Waals surface area contributed by atoms with Crippen molar-refractivity contribution in [3.05, 3.63) is 12.4 Å². The molecule has 1 N–H and O–H groups in total. The first-order chi connectivity index (χ1) is 9.56. The van der Waals surface area contributed by atoms with E-state index in [4.69, 9.17) is 4.74 Å². The van der Waals surface area contributed by atoms with Crippen molar-refractivity contribution in [2.24, 2.45) is 0 Å². The van der Waals surface area contributed by atoms with Crippen LogP contribution in [0, 0.1) is 0 Å². The topological polar surface area (TPSA) is 50.3 Å². The predicted octanol–water partition coefficient (Wildman–Crippen LogP) is 2.23. The summed E-state index contributed by atoms with van der Waals surface area (Å²) in [5.41, 5.74) is 0. The minimum atomic E-state index is 0.114. The summed E-state index contributed by atoms with van der Waals surface area (Å²) >= 11 is 0. The molecule has 2 rings (SSSR count). The van der Waals surface area contributed by atoms with Crippen molar-refractivity contribution in [2.45, 2.75) is 58.7 Å². The first-order valence-electron chi connectivity index (χ1n) is 7.55. The fraction of sp³-hybridized carbons (Fsp3) is 0.733. The van der Waals surface area contributed by atoms with Crippen LogP contribution in [-0.2, 0) is 0 Å². The lowest BCUT2D eigenvalue weighted by molar-refractivity contribution is 0.231. The van der Waals surface area contributed by atoms with Gasteiger partial charge >= 0.3 is 0 Å². The summed E-state index contributed by atoms with van der Waals surface area (Å²) in [7, 11) is 0. The number of hydrogen-bond acceptors (Lipinski definition) is 5. The minimum Gasteiger partial charge on any atom is -0.474 e. The fourth-order valence-electron chi connectivity index (χ4n) is 2.49. The minimum absolute atomic E-state index is 0.114. The van der Waals surface area contributed by atoms with E-state index in [0.717, 1.165) is 18.9 Å². The zero-order chi connectivity index (χ0) is 14.5. The molecule has 20 heavy (non-hydrogen) atoms. The molecule has 1 aromatic heterocycles. The molecule has 1 aliphatic heterocycles. The van der Waals surface area contributed by atoms with Crippen LogP contribution in [0.15, 0.2) is 12.4 Å². The molecule has 1 unspecified atom stereocenters. The summed E-state index contributed by atoms with van der Waals surface area (Å²) in [5, 5.41) is 3.54. The van der Waals surface area contributed by atoms with Crippen LogP contribution in [0.25, 0.3) is 0 Å². The van der Waals surface area contributed by atoms with E-state index in [1.54, 1.807) is 6.20 Å². The van der Waals surface area contributed by atoms with Gasteiger partial charge in [-0.15, -0.1) is 0 Å². The van der Waals surface area contributed by atoms with Crippen LogP contribution in [0.1, 0.15) is 40.5 Å². The van der Waals surface area contributed by atoms with Crippen LogP contribution < -0.4 is 15.0 Å². The van der Waals surface area contributed by atoms with Crippen LogP contribution in [0.4, 0.5) is 5.82 Å². The highest BCUT2D eigenvalue weighted by molar-refractivity contribution is 5.39. The van der Waals surface area contributed by atoms with Crippen molar-refractivity contribution in [2.75, 3.05) is 18.0 Å². The maximum atomic E-state index is 5.64. The number of hydrogen-bond donors (Lipinski definition) is 1. The average Bonchev–Trinajstić information content (AvgIpc) is 2.88. The van der Waals surface area contributed by atoms with Gasteiger partial charge in [-0.25, -0.2) is 0 Å². The largest absolute Gasteiger partial charge is 0.474 e. The molecule has 1 aliphatic rings. The van der Waals surface area contributed by atoms with E-state index < -0.39 is 0 Å². The molecule has 5 heteroatoms. The lowest BCUT2D eigenvalue weighted by Crippen LogP contribution is -2.41.